The Morgan fingerprint density at radius 2 is 2.11 bits per heavy atom. The third kappa shape index (κ3) is 3.76. The topological polar surface area (TPSA) is 51.0 Å². The summed E-state index contributed by atoms with van der Waals surface area (Å²) in [6, 6.07) is 4.27. The predicted octanol–water partition coefficient (Wildman–Crippen LogP) is 4.72. The lowest BCUT2D eigenvalue weighted by Gasteiger charge is -2.23. The minimum absolute atomic E-state index is 0.160. The van der Waals surface area contributed by atoms with E-state index in [0.29, 0.717) is 6.54 Å². The number of fused-ring (bicyclic) bond motifs is 1. The minimum Gasteiger partial charge on any atom is -0.337 e. The van der Waals surface area contributed by atoms with Crippen LogP contribution in [0.25, 0.3) is 10.2 Å². The van der Waals surface area contributed by atoms with Crippen molar-refractivity contribution in [3.63, 3.8) is 0 Å². The van der Waals surface area contributed by atoms with Crippen LogP contribution in [0.15, 0.2) is 30.9 Å². The Bertz CT molecular complexity index is 925. The van der Waals surface area contributed by atoms with Gasteiger partial charge in [-0.15, -0.1) is 0 Å². The van der Waals surface area contributed by atoms with Crippen LogP contribution in [0.1, 0.15) is 43.2 Å². The highest BCUT2D eigenvalue weighted by atomic mass is 32.1. The highest BCUT2D eigenvalue weighted by Gasteiger charge is 2.29. The van der Waals surface area contributed by atoms with Crippen molar-refractivity contribution in [3.8, 4) is 0 Å². The molecule has 142 valence electrons. The van der Waals surface area contributed by atoms with Crippen molar-refractivity contribution in [1.82, 2.24) is 14.5 Å². The van der Waals surface area contributed by atoms with Gasteiger partial charge in [0.25, 0.3) is 0 Å². The molecule has 0 unspecified atom stereocenters. The van der Waals surface area contributed by atoms with Gasteiger partial charge in [-0.1, -0.05) is 30.2 Å². The molecule has 0 atom stereocenters. The standard InChI is InChI=1S/C21H26N4OS/c1-15-8-9-18-19(16(15)2)23-21(27-18)25(20(26)17-6-3-4-7-17)12-5-11-24-13-10-22-14-24/h8-10,13-14,17H,3-7,11-12H2,1-2H3. The van der Waals surface area contributed by atoms with Crippen LogP contribution in [0, 0.1) is 19.8 Å². The maximum atomic E-state index is 13.2. The first-order valence-electron chi connectivity index (χ1n) is 9.77. The van der Waals surface area contributed by atoms with Gasteiger partial charge in [-0.3, -0.25) is 9.69 Å². The Balaban J connectivity index is 1.60. The average molecular weight is 383 g/mol. The molecule has 0 N–H and O–H groups in total. The summed E-state index contributed by atoms with van der Waals surface area (Å²) in [6.07, 6.45) is 10.8. The van der Waals surface area contributed by atoms with Gasteiger partial charge in [0, 0.05) is 31.4 Å². The van der Waals surface area contributed by atoms with Gasteiger partial charge in [0.15, 0.2) is 5.13 Å². The largest absolute Gasteiger partial charge is 0.337 e. The lowest BCUT2D eigenvalue weighted by Crippen LogP contribution is -2.36. The van der Waals surface area contributed by atoms with Crippen LogP contribution in [0.4, 0.5) is 5.13 Å². The van der Waals surface area contributed by atoms with E-state index in [1.807, 2.05) is 17.4 Å². The number of amides is 1. The smallest absolute Gasteiger partial charge is 0.231 e. The van der Waals surface area contributed by atoms with E-state index in [9.17, 15) is 4.79 Å². The third-order valence-electron chi connectivity index (χ3n) is 5.63. The summed E-state index contributed by atoms with van der Waals surface area (Å²) < 4.78 is 3.22. The number of nitrogens with zero attached hydrogens (tertiary/aromatic N) is 4. The fraction of sp³-hybridized carbons (Fsp3) is 0.476. The Labute approximate surface area is 164 Å². The summed E-state index contributed by atoms with van der Waals surface area (Å²) in [7, 11) is 0. The van der Waals surface area contributed by atoms with Gasteiger partial charge in [0.1, 0.15) is 0 Å². The minimum atomic E-state index is 0.160. The molecule has 0 bridgehead atoms. The molecule has 1 amide bonds. The Morgan fingerprint density at radius 1 is 1.30 bits per heavy atom. The second-order valence-corrected chi connectivity index (χ2v) is 8.49. The van der Waals surface area contributed by atoms with Crippen LogP contribution in [0.5, 0.6) is 0 Å². The fourth-order valence-electron chi connectivity index (χ4n) is 3.85. The van der Waals surface area contributed by atoms with Gasteiger partial charge in [-0.2, -0.15) is 0 Å². The van der Waals surface area contributed by atoms with E-state index in [0.717, 1.165) is 54.0 Å². The van der Waals surface area contributed by atoms with E-state index < -0.39 is 0 Å². The highest BCUT2D eigenvalue weighted by Crippen LogP contribution is 2.34. The SMILES string of the molecule is Cc1ccc2sc(N(CCCn3ccnc3)C(=O)C3CCCC3)nc2c1C. The van der Waals surface area contributed by atoms with E-state index in [1.54, 1.807) is 17.5 Å². The first kappa shape index (κ1) is 18.2. The summed E-state index contributed by atoms with van der Waals surface area (Å²) in [5.41, 5.74) is 3.49. The summed E-state index contributed by atoms with van der Waals surface area (Å²) >= 11 is 1.64. The van der Waals surface area contributed by atoms with Crippen LogP contribution in [0.3, 0.4) is 0 Å². The van der Waals surface area contributed by atoms with Crippen molar-refractivity contribution in [2.45, 2.75) is 52.5 Å². The summed E-state index contributed by atoms with van der Waals surface area (Å²) in [5, 5.41) is 0.848. The maximum Gasteiger partial charge on any atom is 0.231 e. The van der Waals surface area contributed by atoms with Crippen LogP contribution in [-0.4, -0.2) is 27.0 Å². The molecule has 2 heterocycles. The molecule has 6 heteroatoms. The second-order valence-electron chi connectivity index (χ2n) is 7.48. The van der Waals surface area contributed by atoms with Crippen molar-refractivity contribution in [2.24, 2.45) is 5.92 Å². The number of anilines is 1. The number of benzene rings is 1. The van der Waals surface area contributed by atoms with Gasteiger partial charge in [0.2, 0.25) is 5.91 Å². The molecular formula is C21H26N4OS. The van der Waals surface area contributed by atoms with Gasteiger partial charge >= 0.3 is 0 Å². The van der Waals surface area contributed by atoms with E-state index in [1.165, 1.54) is 11.1 Å². The third-order valence-corrected chi connectivity index (χ3v) is 6.68. The van der Waals surface area contributed by atoms with E-state index in [2.05, 4.69) is 35.5 Å². The molecule has 1 aliphatic carbocycles. The monoisotopic (exact) mass is 382 g/mol. The number of carbonyl (C=O) groups excluding carboxylic acids is 1. The zero-order chi connectivity index (χ0) is 18.8. The zero-order valence-electron chi connectivity index (χ0n) is 16.0. The van der Waals surface area contributed by atoms with Crippen molar-refractivity contribution in [2.75, 3.05) is 11.4 Å². The zero-order valence-corrected chi connectivity index (χ0v) is 16.8. The number of thiazole rings is 1. The van der Waals surface area contributed by atoms with Crippen molar-refractivity contribution in [1.29, 1.82) is 0 Å². The van der Waals surface area contributed by atoms with E-state index in [4.69, 9.17) is 4.98 Å². The van der Waals surface area contributed by atoms with Crippen molar-refractivity contribution in [3.05, 3.63) is 42.0 Å². The molecule has 0 aliphatic heterocycles. The van der Waals surface area contributed by atoms with E-state index >= 15 is 0 Å². The molecular weight excluding hydrogens is 356 g/mol. The van der Waals surface area contributed by atoms with E-state index in [-0.39, 0.29) is 11.8 Å². The predicted molar refractivity (Wildman–Crippen MR) is 110 cm³/mol. The number of rotatable bonds is 6. The van der Waals surface area contributed by atoms with Crippen LogP contribution >= 0.6 is 11.3 Å². The number of imidazole rings is 1. The van der Waals surface area contributed by atoms with Gasteiger partial charge in [-0.05, 0) is 50.3 Å². The van der Waals surface area contributed by atoms with Crippen LogP contribution in [0.2, 0.25) is 0 Å². The first-order valence-corrected chi connectivity index (χ1v) is 10.6. The summed E-state index contributed by atoms with van der Waals surface area (Å²) in [5.74, 6) is 0.416. The lowest BCUT2D eigenvalue weighted by atomic mass is 10.1. The number of carbonyl (C=O) groups is 1. The average Bonchev–Trinajstić information content (AvgIpc) is 3.42. The van der Waals surface area contributed by atoms with Crippen LogP contribution < -0.4 is 4.90 Å². The number of hydrogen-bond acceptors (Lipinski definition) is 4. The molecule has 0 radical (unpaired) electrons. The normalized spacial score (nSPS) is 14.9. The molecule has 1 saturated carbocycles. The molecule has 1 fully saturated rings. The van der Waals surface area contributed by atoms with Crippen molar-refractivity contribution < 1.29 is 4.79 Å². The van der Waals surface area contributed by atoms with Crippen molar-refractivity contribution >= 4 is 32.6 Å². The molecule has 1 aromatic carbocycles. The Hall–Kier alpha value is -2.21. The van der Waals surface area contributed by atoms with Gasteiger partial charge < -0.3 is 4.57 Å². The molecule has 27 heavy (non-hydrogen) atoms. The number of hydrogen-bond donors (Lipinski definition) is 0. The highest BCUT2D eigenvalue weighted by molar-refractivity contribution is 7.22. The molecule has 5 nitrogen and oxygen atoms in total. The molecule has 4 rings (SSSR count). The quantitative estimate of drug-likeness (QED) is 0.620. The Kier molecular flexibility index (Phi) is 5.25. The fourth-order valence-corrected chi connectivity index (χ4v) is 4.91. The molecule has 2 aromatic heterocycles. The summed E-state index contributed by atoms with van der Waals surface area (Å²) in [4.78, 5) is 24.2. The number of aryl methyl sites for hydroxylation is 3. The molecule has 3 aromatic rings. The maximum absolute atomic E-state index is 13.2. The van der Waals surface area contributed by atoms with Gasteiger partial charge in [0.05, 0.1) is 16.5 Å². The first-order chi connectivity index (χ1) is 13.1. The molecule has 0 saturated heterocycles. The van der Waals surface area contributed by atoms with Crippen LogP contribution in [-0.2, 0) is 11.3 Å². The second kappa shape index (κ2) is 7.80. The van der Waals surface area contributed by atoms with Gasteiger partial charge in [-0.25, -0.2) is 9.97 Å². The molecule has 0 spiro atoms. The Morgan fingerprint density at radius 3 is 2.85 bits per heavy atom. The number of aromatic nitrogens is 3. The lowest BCUT2D eigenvalue weighted by molar-refractivity contribution is -0.122. The summed E-state index contributed by atoms with van der Waals surface area (Å²) in [6.45, 7) is 5.78. The molecule has 1 aliphatic rings.